The molecule has 0 radical (unpaired) electrons. The molecule has 0 spiro atoms. The molecule has 0 saturated carbocycles. The van der Waals surface area contributed by atoms with Crippen LogP contribution in [0.2, 0.25) is 0 Å². The van der Waals surface area contributed by atoms with Gasteiger partial charge in [0.2, 0.25) is 11.8 Å². The normalized spacial score (nSPS) is 10.8. The van der Waals surface area contributed by atoms with E-state index < -0.39 is 0 Å². The van der Waals surface area contributed by atoms with Crippen LogP contribution >= 0.6 is 0 Å². The van der Waals surface area contributed by atoms with Gasteiger partial charge in [0.25, 0.3) is 0 Å². The lowest BCUT2D eigenvalue weighted by Crippen LogP contribution is -2.25. The maximum absolute atomic E-state index is 11.7. The highest BCUT2D eigenvalue weighted by atomic mass is 16.5. The van der Waals surface area contributed by atoms with Crippen LogP contribution in [0.4, 0.5) is 0 Å². The first kappa shape index (κ1) is 15.2. The second-order valence-corrected chi connectivity index (χ2v) is 5.29. The van der Waals surface area contributed by atoms with Crippen molar-refractivity contribution in [1.29, 1.82) is 0 Å². The van der Waals surface area contributed by atoms with Gasteiger partial charge in [-0.15, -0.1) is 0 Å². The van der Waals surface area contributed by atoms with Crippen molar-refractivity contribution >= 4 is 5.91 Å². The Hall–Kier alpha value is -2.17. The number of nitrogens with zero attached hydrogens (tertiary/aromatic N) is 2. The Bertz CT molecular complexity index is 564. The molecule has 1 N–H and O–H groups in total. The van der Waals surface area contributed by atoms with Gasteiger partial charge in [0, 0.05) is 25.3 Å². The number of hydrogen-bond acceptors (Lipinski definition) is 4. The molecule has 5 nitrogen and oxygen atoms in total. The van der Waals surface area contributed by atoms with Gasteiger partial charge in [-0.05, 0) is 12.0 Å². The Balaban J connectivity index is 1.67. The third-order valence-electron chi connectivity index (χ3n) is 3.14. The zero-order valence-electron chi connectivity index (χ0n) is 12.5. The minimum Gasteiger partial charge on any atom is -0.356 e. The standard InChI is InChI=1S/C16H21N3O2/c1-12(2)16-18-15(21-19-16)9-8-14(20)17-11-10-13-6-4-3-5-7-13/h3-7,12H,8-11H2,1-2H3,(H,17,20). The molecule has 1 aromatic carbocycles. The molecule has 0 fully saturated rings. The molecule has 0 bridgehead atoms. The van der Waals surface area contributed by atoms with Crippen LogP contribution in [-0.4, -0.2) is 22.6 Å². The van der Waals surface area contributed by atoms with E-state index in [9.17, 15) is 4.79 Å². The number of aromatic nitrogens is 2. The van der Waals surface area contributed by atoms with Gasteiger partial charge in [-0.1, -0.05) is 49.3 Å². The molecule has 1 aromatic heterocycles. The van der Waals surface area contributed by atoms with Crippen LogP contribution in [0.3, 0.4) is 0 Å². The fraction of sp³-hybridized carbons (Fsp3) is 0.438. The molecule has 2 rings (SSSR count). The lowest BCUT2D eigenvalue weighted by Gasteiger charge is -2.04. The van der Waals surface area contributed by atoms with E-state index in [1.54, 1.807) is 0 Å². The van der Waals surface area contributed by atoms with Crippen molar-refractivity contribution in [2.24, 2.45) is 0 Å². The molecular formula is C16H21N3O2. The predicted octanol–water partition coefficient (Wildman–Crippen LogP) is 2.48. The number of nitrogens with one attached hydrogen (secondary N) is 1. The van der Waals surface area contributed by atoms with E-state index in [4.69, 9.17) is 4.52 Å². The predicted molar refractivity (Wildman–Crippen MR) is 79.9 cm³/mol. The average molecular weight is 287 g/mol. The molecule has 1 amide bonds. The maximum atomic E-state index is 11.7. The highest BCUT2D eigenvalue weighted by Crippen LogP contribution is 2.10. The maximum Gasteiger partial charge on any atom is 0.227 e. The molecule has 112 valence electrons. The number of carbonyl (C=O) groups is 1. The van der Waals surface area contributed by atoms with Crippen molar-refractivity contribution < 1.29 is 9.32 Å². The summed E-state index contributed by atoms with van der Waals surface area (Å²) in [6.07, 6.45) is 1.69. The van der Waals surface area contributed by atoms with E-state index >= 15 is 0 Å². The Labute approximate surface area is 124 Å². The lowest BCUT2D eigenvalue weighted by atomic mass is 10.1. The summed E-state index contributed by atoms with van der Waals surface area (Å²) in [5.41, 5.74) is 1.22. The molecule has 0 aliphatic rings. The minimum atomic E-state index is 0.00947. The fourth-order valence-corrected chi connectivity index (χ4v) is 1.90. The number of amides is 1. The van der Waals surface area contributed by atoms with E-state index in [0.717, 1.165) is 6.42 Å². The van der Waals surface area contributed by atoms with Crippen LogP contribution in [0.15, 0.2) is 34.9 Å². The van der Waals surface area contributed by atoms with Crippen LogP contribution in [0.5, 0.6) is 0 Å². The van der Waals surface area contributed by atoms with Crippen molar-refractivity contribution in [1.82, 2.24) is 15.5 Å². The molecule has 5 heteroatoms. The lowest BCUT2D eigenvalue weighted by molar-refractivity contribution is -0.121. The third kappa shape index (κ3) is 5.02. The van der Waals surface area contributed by atoms with Gasteiger partial charge in [-0.2, -0.15) is 4.98 Å². The van der Waals surface area contributed by atoms with Crippen LogP contribution in [0.25, 0.3) is 0 Å². The molecule has 0 saturated heterocycles. The number of aryl methyl sites for hydroxylation is 1. The first-order valence-corrected chi connectivity index (χ1v) is 7.28. The van der Waals surface area contributed by atoms with Crippen LogP contribution in [0, 0.1) is 0 Å². The molecule has 0 atom stereocenters. The Morgan fingerprint density at radius 3 is 2.67 bits per heavy atom. The van der Waals surface area contributed by atoms with Gasteiger partial charge in [0.05, 0.1) is 0 Å². The fourth-order valence-electron chi connectivity index (χ4n) is 1.90. The van der Waals surface area contributed by atoms with Crippen molar-refractivity contribution in [2.75, 3.05) is 6.54 Å². The van der Waals surface area contributed by atoms with E-state index in [2.05, 4.69) is 27.6 Å². The summed E-state index contributed by atoms with van der Waals surface area (Å²) in [4.78, 5) is 16.0. The summed E-state index contributed by atoms with van der Waals surface area (Å²) in [6.45, 7) is 4.65. The summed E-state index contributed by atoms with van der Waals surface area (Å²) < 4.78 is 5.11. The zero-order chi connectivity index (χ0) is 15.1. The van der Waals surface area contributed by atoms with Crippen LogP contribution in [-0.2, 0) is 17.6 Å². The van der Waals surface area contributed by atoms with E-state index in [1.807, 2.05) is 32.0 Å². The number of carbonyl (C=O) groups excluding carboxylic acids is 1. The van der Waals surface area contributed by atoms with Gasteiger partial charge in [0.15, 0.2) is 5.82 Å². The number of rotatable bonds is 7. The molecule has 21 heavy (non-hydrogen) atoms. The van der Waals surface area contributed by atoms with Crippen molar-refractivity contribution in [3.05, 3.63) is 47.6 Å². The summed E-state index contributed by atoms with van der Waals surface area (Å²) in [5.74, 6) is 1.46. The first-order chi connectivity index (χ1) is 10.1. The van der Waals surface area contributed by atoms with E-state index in [1.165, 1.54) is 5.56 Å². The van der Waals surface area contributed by atoms with Gasteiger partial charge in [0.1, 0.15) is 0 Å². The topological polar surface area (TPSA) is 68.0 Å². The Morgan fingerprint density at radius 1 is 1.24 bits per heavy atom. The smallest absolute Gasteiger partial charge is 0.227 e. The zero-order valence-corrected chi connectivity index (χ0v) is 12.5. The van der Waals surface area contributed by atoms with Crippen molar-refractivity contribution in [2.45, 2.75) is 39.0 Å². The molecule has 1 heterocycles. The van der Waals surface area contributed by atoms with Crippen LogP contribution in [0.1, 0.15) is 43.5 Å². The largest absolute Gasteiger partial charge is 0.356 e. The number of hydrogen-bond donors (Lipinski definition) is 1. The summed E-state index contributed by atoms with van der Waals surface area (Å²) in [7, 11) is 0. The second kappa shape index (κ2) is 7.57. The molecular weight excluding hydrogens is 266 g/mol. The number of benzene rings is 1. The second-order valence-electron chi connectivity index (χ2n) is 5.29. The first-order valence-electron chi connectivity index (χ1n) is 7.28. The Kier molecular flexibility index (Phi) is 5.49. The molecule has 0 aliphatic heterocycles. The summed E-state index contributed by atoms with van der Waals surface area (Å²) in [6, 6.07) is 10.1. The third-order valence-corrected chi connectivity index (χ3v) is 3.14. The highest BCUT2D eigenvalue weighted by molar-refractivity contribution is 5.75. The van der Waals surface area contributed by atoms with Gasteiger partial charge < -0.3 is 9.84 Å². The van der Waals surface area contributed by atoms with Gasteiger partial charge >= 0.3 is 0 Å². The van der Waals surface area contributed by atoms with Crippen LogP contribution < -0.4 is 5.32 Å². The quantitative estimate of drug-likeness (QED) is 0.849. The van der Waals surface area contributed by atoms with Gasteiger partial charge in [-0.3, -0.25) is 4.79 Å². The van der Waals surface area contributed by atoms with Crippen molar-refractivity contribution in [3.8, 4) is 0 Å². The summed E-state index contributed by atoms with van der Waals surface area (Å²) in [5, 5.41) is 6.78. The summed E-state index contributed by atoms with van der Waals surface area (Å²) >= 11 is 0. The van der Waals surface area contributed by atoms with E-state index in [-0.39, 0.29) is 11.8 Å². The average Bonchev–Trinajstić information content (AvgIpc) is 2.95. The van der Waals surface area contributed by atoms with Crippen molar-refractivity contribution in [3.63, 3.8) is 0 Å². The highest BCUT2D eigenvalue weighted by Gasteiger charge is 2.11. The SMILES string of the molecule is CC(C)c1noc(CCC(=O)NCCc2ccccc2)n1. The molecule has 0 unspecified atom stereocenters. The Morgan fingerprint density at radius 2 is 2.00 bits per heavy atom. The van der Waals surface area contributed by atoms with E-state index in [0.29, 0.717) is 31.1 Å². The monoisotopic (exact) mass is 287 g/mol. The molecule has 0 aliphatic carbocycles. The van der Waals surface area contributed by atoms with Gasteiger partial charge in [-0.25, -0.2) is 0 Å². The molecule has 2 aromatic rings. The minimum absolute atomic E-state index is 0.00947.